The molecular weight excluding hydrogens is 176 g/mol. The SMILES string of the molecule is CC(=O)Cc1cccn2c(C)ncc12. The molecule has 2 heterocycles. The van der Waals surface area contributed by atoms with Crippen LogP contribution in [0, 0.1) is 6.92 Å². The molecule has 0 saturated carbocycles. The fourth-order valence-electron chi connectivity index (χ4n) is 1.63. The molecule has 3 nitrogen and oxygen atoms in total. The van der Waals surface area contributed by atoms with E-state index >= 15 is 0 Å². The number of hydrogen-bond donors (Lipinski definition) is 0. The second kappa shape index (κ2) is 3.25. The van der Waals surface area contributed by atoms with Crippen molar-refractivity contribution < 1.29 is 4.79 Å². The molecule has 0 aliphatic carbocycles. The first kappa shape index (κ1) is 8.94. The van der Waals surface area contributed by atoms with Gasteiger partial charge in [0.1, 0.15) is 11.6 Å². The van der Waals surface area contributed by atoms with Crippen molar-refractivity contribution in [1.82, 2.24) is 9.38 Å². The standard InChI is InChI=1S/C11H12N2O/c1-8(14)6-10-4-3-5-13-9(2)12-7-11(10)13/h3-5,7H,6H2,1-2H3. The Balaban J connectivity index is 2.59. The average Bonchev–Trinajstić information content (AvgIpc) is 2.49. The molecule has 14 heavy (non-hydrogen) atoms. The lowest BCUT2D eigenvalue weighted by Crippen LogP contribution is -1.99. The monoisotopic (exact) mass is 188 g/mol. The molecule has 0 bridgehead atoms. The third-order valence-corrected chi connectivity index (χ3v) is 2.28. The molecule has 0 aliphatic rings. The van der Waals surface area contributed by atoms with Gasteiger partial charge < -0.3 is 4.40 Å². The van der Waals surface area contributed by atoms with E-state index in [0.717, 1.165) is 16.9 Å². The highest BCUT2D eigenvalue weighted by Gasteiger charge is 2.05. The molecule has 0 fully saturated rings. The third-order valence-electron chi connectivity index (χ3n) is 2.28. The minimum atomic E-state index is 0.178. The molecule has 0 spiro atoms. The van der Waals surface area contributed by atoms with Gasteiger partial charge >= 0.3 is 0 Å². The molecule has 2 aromatic rings. The summed E-state index contributed by atoms with van der Waals surface area (Å²) < 4.78 is 2.00. The van der Waals surface area contributed by atoms with E-state index in [9.17, 15) is 4.79 Å². The Morgan fingerprint density at radius 1 is 1.57 bits per heavy atom. The second-order valence-electron chi connectivity index (χ2n) is 3.47. The number of Topliss-reactive ketones (excluding diaryl/α,β-unsaturated/α-hetero) is 1. The Hall–Kier alpha value is -1.64. The van der Waals surface area contributed by atoms with Crippen molar-refractivity contribution in [3.05, 3.63) is 35.9 Å². The van der Waals surface area contributed by atoms with E-state index in [0.29, 0.717) is 6.42 Å². The van der Waals surface area contributed by atoms with Gasteiger partial charge in [-0.15, -0.1) is 0 Å². The van der Waals surface area contributed by atoms with Crippen LogP contribution < -0.4 is 0 Å². The van der Waals surface area contributed by atoms with E-state index in [-0.39, 0.29) is 5.78 Å². The number of aryl methyl sites for hydroxylation is 1. The molecule has 0 aliphatic heterocycles. The first-order chi connectivity index (χ1) is 6.68. The van der Waals surface area contributed by atoms with Gasteiger partial charge in [-0.25, -0.2) is 4.98 Å². The van der Waals surface area contributed by atoms with E-state index in [1.54, 1.807) is 6.92 Å². The quantitative estimate of drug-likeness (QED) is 0.719. The number of hydrogen-bond acceptors (Lipinski definition) is 2. The third kappa shape index (κ3) is 1.41. The zero-order valence-electron chi connectivity index (χ0n) is 8.32. The average molecular weight is 188 g/mol. The first-order valence-corrected chi connectivity index (χ1v) is 4.59. The second-order valence-corrected chi connectivity index (χ2v) is 3.47. The first-order valence-electron chi connectivity index (χ1n) is 4.59. The van der Waals surface area contributed by atoms with Gasteiger partial charge in [0, 0.05) is 12.6 Å². The van der Waals surface area contributed by atoms with Crippen LogP contribution in [-0.2, 0) is 11.2 Å². The summed E-state index contributed by atoms with van der Waals surface area (Å²) in [6.07, 6.45) is 4.25. The fraction of sp³-hybridized carbons (Fsp3) is 0.273. The normalized spacial score (nSPS) is 10.7. The van der Waals surface area contributed by atoms with Crippen LogP contribution >= 0.6 is 0 Å². The van der Waals surface area contributed by atoms with Crippen LogP contribution in [-0.4, -0.2) is 15.2 Å². The molecule has 0 radical (unpaired) electrons. The van der Waals surface area contributed by atoms with E-state index in [4.69, 9.17) is 0 Å². The number of fused-ring (bicyclic) bond motifs is 1. The molecule has 0 amide bonds. The van der Waals surface area contributed by atoms with Gasteiger partial charge in [-0.05, 0) is 25.5 Å². The number of carbonyl (C=O) groups excluding carboxylic acids is 1. The van der Waals surface area contributed by atoms with Gasteiger partial charge in [0.15, 0.2) is 0 Å². The molecule has 0 aromatic carbocycles. The summed E-state index contributed by atoms with van der Waals surface area (Å²) in [6, 6.07) is 3.91. The Bertz CT molecular complexity index is 485. The van der Waals surface area contributed by atoms with E-state index < -0.39 is 0 Å². The van der Waals surface area contributed by atoms with Crippen molar-refractivity contribution in [1.29, 1.82) is 0 Å². The summed E-state index contributed by atoms with van der Waals surface area (Å²) in [5.74, 6) is 1.13. The van der Waals surface area contributed by atoms with Crippen LogP contribution in [0.15, 0.2) is 24.5 Å². The van der Waals surface area contributed by atoms with Crippen LogP contribution in [0.2, 0.25) is 0 Å². The topological polar surface area (TPSA) is 34.4 Å². The van der Waals surface area contributed by atoms with Crippen molar-refractivity contribution in [2.45, 2.75) is 20.3 Å². The minimum absolute atomic E-state index is 0.178. The predicted molar refractivity (Wildman–Crippen MR) is 54.3 cm³/mol. The number of pyridine rings is 1. The highest BCUT2D eigenvalue weighted by molar-refractivity contribution is 5.80. The number of nitrogens with zero attached hydrogens (tertiary/aromatic N) is 2. The summed E-state index contributed by atoms with van der Waals surface area (Å²) in [6.45, 7) is 3.55. The Morgan fingerprint density at radius 2 is 2.36 bits per heavy atom. The van der Waals surface area contributed by atoms with E-state index in [1.807, 2.05) is 35.9 Å². The Morgan fingerprint density at radius 3 is 3.07 bits per heavy atom. The predicted octanol–water partition coefficient (Wildman–Crippen LogP) is 1.77. The number of imidazole rings is 1. The summed E-state index contributed by atoms with van der Waals surface area (Å²) in [5.41, 5.74) is 2.07. The molecule has 0 N–H and O–H groups in total. The van der Waals surface area contributed by atoms with Crippen LogP contribution in [0.4, 0.5) is 0 Å². The molecule has 3 heteroatoms. The van der Waals surface area contributed by atoms with E-state index in [1.165, 1.54) is 0 Å². The van der Waals surface area contributed by atoms with Gasteiger partial charge in [-0.3, -0.25) is 4.79 Å². The minimum Gasteiger partial charge on any atom is -0.304 e. The molecule has 2 rings (SSSR count). The Labute approximate surface area is 82.4 Å². The molecule has 2 aromatic heterocycles. The lowest BCUT2D eigenvalue weighted by molar-refractivity contribution is -0.116. The highest BCUT2D eigenvalue weighted by atomic mass is 16.1. The largest absolute Gasteiger partial charge is 0.304 e. The van der Waals surface area contributed by atoms with Gasteiger partial charge in [-0.2, -0.15) is 0 Å². The van der Waals surface area contributed by atoms with Gasteiger partial charge in [0.05, 0.1) is 11.7 Å². The number of aromatic nitrogens is 2. The molecule has 0 unspecified atom stereocenters. The van der Waals surface area contributed by atoms with Crippen LogP contribution in [0.5, 0.6) is 0 Å². The van der Waals surface area contributed by atoms with Crippen LogP contribution in [0.1, 0.15) is 18.3 Å². The van der Waals surface area contributed by atoms with Crippen LogP contribution in [0.25, 0.3) is 5.52 Å². The maximum atomic E-state index is 11.0. The molecule has 72 valence electrons. The van der Waals surface area contributed by atoms with Crippen molar-refractivity contribution in [2.24, 2.45) is 0 Å². The number of ketones is 1. The highest BCUT2D eigenvalue weighted by Crippen LogP contribution is 2.13. The fourth-order valence-corrected chi connectivity index (χ4v) is 1.63. The van der Waals surface area contributed by atoms with Gasteiger partial charge in [-0.1, -0.05) is 6.07 Å². The molecular formula is C11H12N2O. The summed E-state index contributed by atoms with van der Waals surface area (Å²) >= 11 is 0. The van der Waals surface area contributed by atoms with Crippen molar-refractivity contribution in [2.75, 3.05) is 0 Å². The Kier molecular flexibility index (Phi) is 2.08. The maximum absolute atomic E-state index is 11.0. The summed E-state index contributed by atoms with van der Waals surface area (Å²) in [7, 11) is 0. The lowest BCUT2D eigenvalue weighted by Gasteiger charge is -2.01. The zero-order chi connectivity index (χ0) is 10.1. The molecule has 0 saturated heterocycles. The maximum Gasteiger partial charge on any atom is 0.134 e. The molecule has 0 atom stereocenters. The summed E-state index contributed by atoms with van der Waals surface area (Å²) in [5, 5.41) is 0. The van der Waals surface area contributed by atoms with E-state index in [2.05, 4.69) is 4.98 Å². The smallest absolute Gasteiger partial charge is 0.134 e. The van der Waals surface area contributed by atoms with Crippen molar-refractivity contribution >= 4 is 11.3 Å². The lowest BCUT2D eigenvalue weighted by atomic mass is 10.1. The number of carbonyl (C=O) groups is 1. The van der Waals surface area contributed by atoms with Gasteiger partial charge in [0.25, 0.3) is 0 Å². The summed E-state index contributed by atoms with van der Waals surface area (Å²) in [4.78, 5) is 15.2. The van der Waals surface area contributed by atoms with Crippen molar-refractivity contribution in [3.63, 3.8) is 0 Å². The zero-order valence-corrected chi connectivity index (χ0v) is 8.32. The number of rotatable bonds is 2. The van der Waals surface area contributed by atoms with Gasteiger partial charge in [0.2, 0.25) is 0 Å². The van der Waals surface area contributed by atoms with Crippen LogP contribution in [0.3, 0.4) is 0 Å². The van der Waals surface area contributed by atoms with Crippen molar-refractivity contribution in [3.8, 4) is 0 Å².